The summed E-state index contributed by atoms with van der Waals surface area (Å²) >= 11 is 0. The van der Waals surface area contributed by atoms with Crippen LogP contribution in [0.4, 0.5) is 5.69 Å². The van der Waals surface area contributed by atoms with Gasteiger partial charge in [-0.05, 0) is 36.0 Å². The number of hydrogen-bond donors (Lipinski definition) is 1. The topological polar surface area (TPSA) is 32.3 Å². The molecule has 0 bridgehead atoms. The summed E-state index contributed by atoms with van der Waals surface area (Å²) in [6.07, 6.45) is 2.54. The third-order valence-corrected chi connectivity index (χ3v) is 5.14. The zero-order valence-corrected chi connectivity index (χ0v) is 15.2. The second-order valence-electron chi connectivity index (χ2n) is 7.59. The van der Waals surface area contributed by atoms with Crippen LogP contribution in [0.5, 0.6) is 0 Å². The van der Waals surface area contributed by atoms with Gasteiger partial charge in [0.1, 0.15) is 0 Å². The fraction of sp³-hybridized carbons (Fsp3) is 0.409. The van der Waals surface area contributed by atoms with Crippen LogP contribution in [0.2, 0.25) is 0 Å². The number of carbonyl (C=O) groups is 1. The van der Waals surface area contributed by atoms with Crippen molar-refractivity contribution >= 4 is 11.6 Å². The Morgan fingerprint density at radius 1 is 1.00 bits per heavy atom. The Hall–Kier alpha value is -2.29. The van der Waals surface area contributed by atoms with Crippen molar-refractivity contribution in [2.75, 3.05) is 18.0 Å². The third-order valence-electron chi connectivity index (χ3n) is 5.14. The molecule has 0 unspecified atom stereocenters. The number of para-hydroxylation sites is 1. The van der Waals surface area contributed by atoms with Gasteiger partial charge in [-0.25, -0.2) is 0 Å². The zero-order chi connectivity index (χ0) is 17.7. The lowest BCUT2D eigenvalue weighted by molar-refractivity contribution is -0.123. The lowest BCUT2D eigenvalue weighted by Gasteiger charge is -2.34. The summed E-state index contributed by atoms with van der Waals surface area (Å²) in [5, 5.41) is 3.25. The van der Waals surface area contributed by atoms with E-state index in [0.29, 0.717) is 12.5 Å². The molecule has 1 saturated heterocycles. The van der Waals surface area contributed by atoms with E-state index in [1.165, 1.54) is 11.3 Å². The summed E-state index contributed by atoms with van der Waals surface area (Å²) in [6, 6.07) is 21.1. The van der Waals surface area contributed by atoms with Crippen molar-refractivity contribution in [3.05, 3.63) is 66.2 Å². The number of piperidine rings is 1. The van der Waals surface area contributed by atoms with Gasteiger partial charge in [0.25, 0.3) is 0 Å². The summed E-state index contributed by atoms with van der Waals surface area (Å²) in [4.78, 5) is 14.9. The van der Waals surface area contributed by atoms with Gasteiger partial charge in [0.05, 0.1) is 0 Å². The minimum absolute atomic E-state index is 0.143. The molecule has 2 aromatic rings. The van der Waals surface area contributed by atoms with Gasteiger partial charge in [0.15, 0.2) is 0 Å². The minimum atomic E-state index is -0.143. The Labute approximate surface area is 151 Å². The first-order valence-electron chi connectivity index (χ1n) is 9.19. The predicted octanol–water partition coefficient (Wildman–Crippen LogP) is 4.14. The molecule has 3 heteroatoms. The quantitative estimate of drug-likeness (QED) is 0.890. The molecule has 0 aliphatic carbocycles. The van der Waals surface area contributed by atoms with E-state index in [2.05, 4.69) is 60.5 Å². The maximum Gasteiger partial charge on any atom is 0.221 e. The first-order valence-corrected chi connectivity index (χ1v) is 9.19. The molecule has 1 aliphatic heterocycles. The second-order valence-corrected chi connectivity index (χ2v) is 7.59. The van der Waals surface area contributed by atoms with Crippen molar-refractivity contribution in [1.82, 2.24) is 5.32 Å². The molecule has 132 valence electrons. The number of benzene rings is 2. The van der Waals surface area contributed by atoms with E-state index in [9.17, 15) is 4.79 Å². The fourth-order valence-electron chi connectivity index (χ4n) is 3.59. The average molecular weight is 336 g/mol. The molecule has 3 rings (SSSR count). The molecule has 0 spiro atoms. The number of nitrogens with zero attached hydrogens (tertiary/aromatic N) is 1. The van der Waals surface area contributed by atoms with Crippen LogP contribution in [-0.2, 0) is 10.2 Å². The van der Waals surface area contributed by atoms with Crippen molar-refractivity contribution in [3.63, 3.8) is 0 Å². The van der Waals surface area contributed by atoms with Crippen molar-refractivity contribution < 1.29 is 4.79 Å². The van der Waals surface area contributed by atoms with Crippen LogP contribution < -0.4 is 10.2 Å². The molecule has 1 aliphatic rings. The van der Waals surface area contributed by atoms with E-state index >= 15 is 0 Å². The van der Waals surface area contributed by atoms with Gasteiger partial charge in [0.2, 0.25) is 5.91 Å². The Bertz CT molecular complexity index is 674. The van der Waals surface area contributed by atoms with Crippen LogP contribution in [-0.4, -0.2) is 25.0 Å². The van der Waals surface area contributed by atoms with E-state index in [4.69, 9.17) is 0 Å². The SMILES string of the molecule is CC(C)(CC(=O)NC1CCN(c2ccccc2)CC1)c1ccccc1. The normalized spacial score (nSPS) is 15.8. The van der Waals surface area contributed by atoms with E-state index in [1.807, 2.05) is 24.3 Å². The van der Waals surface area contributed by atoms with Gasteiger partial charge in [-0.1, -0.05) is 62.4 Å². The molecule has 0 atom stereocenters. The van der Waals surface area contributed by atoms with Crippen molar-refractivity contribution in [2.45, 2.75) is 44.6 Å². The molecule has 2 aromatic carbocycles. The lowest BCUT2D eigenvalue weighted by Crippen LogP contribution is -2.45. The Morgan fingerprint density at radius 2 is 1.56 bits per heavy atom. The number of carbonyl (C=O) groups excluding carboxylic acids is 1. The maximum absolute atomic E-state index is 12.5. The second kappa shape index (κ2) is 7.73. The molecule has 0 aromatic heterocycles. The number of amides is 1. The molecule has 25 heavy (non-hydrogen) atoms. The van der Waals surface area contributed by atoms with Crippen molar-refractivity contribution in [3.8, 4) is 0 Å². The summed E-state index contributed by atoms with van der Waals surface area (Å²) in [6.45, 7) is 6.27. The molecule has 1 fully saturated rings. The Balaban J connectivity index is 1.50. The standard InChI is InChI=1S/C22H28N2O/c1-22(2,18-9-5-3-6-10-18)17-21(25)23-19-13-15-24(16-14-19)20-11-7-4-8-12-20/h3-12,19H,13-17H2,1-2H3,(H,23,25). The molecule has 0 radical (unpaired) electrons. The van der Waals surface area contributed by atoms with Crippen molar-refractivity contribution in [1.29, 1.82) is 0 Å². The first-order chi connectivity index (χ1) is 12.0. The molecule has 1 N–H and O–H groups in total. The van der Waals surface area contributed by atoms with Crippen LogP contribution in [0.1, 0.15) is 38.7 Å². The monoisotopic (exact) mass is 336 g/mol. The van der Waals surface area contributed by atoms with Crippen LogP contribution in [0.25, 0.3) is 0 Å². The highest BCUT2D eigenvalue weighted by Gasteiger charge is 2.26. The third kappa shape index (κ3) is 4.62. The van der Waals surface area contributed by atoms with Crippen LogP contribution in [0.3, 0.4) is 0 Å². The van der Waals surface area contributed by atoms with Gasteiger partial charge in [-0.15, -0.1) is 0 Å². The number of nitrogens with one attached hydrogen (secondary N) is 1. The van der Waals surface area contributed by atoms with Gasteiger partial charge in [0, 0.05) is 31.2 Å². The number of anilines is 1. The minimum Gasteiger partial charge on any atom is -0.371 e. The summed E-state index contributed by atoms with van der Waals surface area (Å²) in [7, 11) is 0. The van der Waals surface area contributed by atoms with Gasteiger partial charge in [-0.3, -0.25) is 4.79 Å². The molecule has 3 nitrogen and oxygen atoms in total. The lowest BCUT2D eigenvalue weighted by atomic mass is 9.81. The van der Waals surface area contributed by atoms with Crippen LogP contribution in [0, 0.1) is 0 Å². The molecule has 1 amide bonds. The van der Waals surface area contributed by atoms with Crippen LogP contribution >= 0.6 is 0 Å². The van der Waals surface area contributed by atoms with E-state index < -0.39 is 0 Å². The largest absolute Gasteiger partial charge is 0.371 e. The predicted molar refractivity (Wildman–Crippen MR) is 104 cm³/mol. The molecular formula is C22H28N2O. The Morgan fingerprint density at radius 3 is 2.16 bits per heavy atom. The first kappa shape index (κ1) is 17.5. The number of hydrogen-bond acceptors (Lipinski definition) is 2. The highest BCUT2D eigenvalue weighted by molar-refractivity contribution is 5.77. The van der Waals surface area contributed by atoms with Gasteiger partial charge in [-0.2, -0.15) is 0 Å². The number of rotatable bonds is 5. The summed E-state index contributed by atoms with van der Waals surface area (Å²) in [5.74, 6) is 0.159. The molecule has 1 heterocycles. The van der Waals surface area contributed by atoms with E-state index in [0.717, 1.165) is 25.9 Å². The van der Waals surface area contributed by atoms with E-state index in [-0.39, 0.29) is 11.3 Å². The highest BCUT2D eigenvalue weighted by Crippen LogP contribution is 2.27. The maximum atomic E-state index is 12.5. The van der Waals surface area contributed by atoms with Crippen LogP contribution in [0.15, 0.2) is 60.7 Å². The average Bonchev–Trinajstić information content (AvgIpc) is 2.63. The van der Waals surface area contributed by atoms with Gasteiger partial charge < -0.3 is 10.2 Å². The van der Waals surface area contributed by atoms with Crippen molar-refractivity contribution in [2.24, 2.45) is 0 Å². The molecular weight excluding hydrogens is 308 g/mol. The highest BCUT2D eigenvalue weighted by atomic mass is 16.1. The summed E-state index contributed by atoms with van der Waals surface area (Å²) < 4.78 is 0. The Kier molecular flexibility index (Phi) is 5.42. The summed E-state index contributed by atoms with van der Waals surface area (Å²) in [5.41, 5.74) is 2.34. The van der Waals surface area contributed by atoms with E-state index in [1.54, 1.807) is 0 Å². The smallest absolute Gasteiger partial charge is 0.221 e. The fourth-order valence-corrected chi connectivity index (χ4v) is 3.59. The molecule has 0 saturated carbocycles. The van der Waals surface area contributed by atoms with Gasteiger partial charge >= 0.3 is 0 Å². The zero-order valence-electron chi connectivity index (χ0n) is 15.2.